The van der Waals surface area contributed by atoms with Crippen LogP contribution in [0, 0.1) is 6.92 Å². The van der Waals surface area contributed by atoms with Crippen LogP contribution in [-0.2, 0) is 9.59 Å². The summed E-state index contributed by atoms with van der Waals surface area (Å²) >= 11 is 0. The molecular weight excluding hydrogens is 382 g/mol. The quantitative estimate of drug-likeness (QED) is 0.776. The number of ether oxygens (including phenoxy) is 2. The van der Waals surface area contributed by atoms with Gasteiger partial charge in [0.05, 0.1) is 18.5 Å². The average Bonchev–Trinajstić information content (AvgIpc) is 2.77. The van der Waals surface area contributed by atoms with Crippen molar-refractivity contribution in [3.63, 3.8) is 0 Å². The van der Waals surface area contributed by atoms with Crippen LogP contribution in [0.3, 0.4) is 0 Å². The van der Waals surface area contributed by atoms with E-state index in [9.17, 15) is 9.59 Å². The van der Waals surface area contributed by atoms with E-state index < -0.39 is 6.10 Å². The number of methoxy groups -OCH3 is 1. The van der Waals surface area contributed by atoms with E-state index in [1.807, 2.05) is 54.3 Å². The maximum atomic E-state index is 13.0. The van der Waals surface area contributed by atoms with Gasteiger partial charge in [-0.05, 0) is 43.7 Å². The number of hydrogen-bond donors (Lipinski definition) is 0. The average molecular weight is 409 g/mol. The van der Waals surface area contributed by atoms with Gasteiger partial charge in [-0.15, -0.1) is 0 Å². The number of carbonyl (C=O) groups excluding carboxylic acids is 2. The third kappa shape index (κ3) is 3.79. The summed E-state index contributed by atoms with van der Waals surface area (Å²) in [6.07, 6.45) is -0.601. The highest BCUT2D eigenvalue weighted by Crippen LogP contribution is 2.35. The summed E-state index contributed by atoms with van der Waals surface area (Å²) in [6.45, 7) is 6.34. The first-order valence-electron chi connectivity index (χ1n) is 10.2. The molecule has 0 unspecified atom stereocenters. The third-order valence-corrected chi connectivity index (χ3v) is 5.67. The number of amides is 2. The normalized spacial score (nSPS) is 18.7. The molecule has 2 aromatic rings. The Bertz CT molecular complexity index is 953. The Kier molecular flexibility index (Phi) is 5.53. The first kappa shape index (κ1) is 20.1. The number of hydrogen-bond acceptors (Lipinski definition) is 5. The standard InChI is InChI=1S/C23H27N3O4/c1-16-8-9-21-19(14-16)26(23(28)17(2)30-21)15-22(27)25-12-10-24(11-13-25)18-6-4-5-7-20(18)29-3/h4-9,14,17H,10-13,15H2,1-3H3/t17-/m1/s1. The molecule has 7 nitrogen and oxygen atoms in total. The molecule has 2 amide bonds. The lowest BCUT2D eigenvalue weighted by molar-refractivity contribution is -0.133. The van der Waals surface area contributed by atoms with E-state index >= 15 is 0 Å². The first-order valence-corrected chi connectivity index (χ1v) is 10.2. The first-order chi connectivity index (χ1) is 14.5. The van der Waals surface area contributed by atoms with Gasteiger partial charge in [0.25, 0.3) is 5.91 Å². The van der Waals surface area contributed by atoms with Crippen LogP contribution in [-0.4, -0.2) is 62.7 Å². The number of fused-ring (bicyclic) bond motifs is 1. The van der Waals surface area contributed by atoms with E-state index in [2.05, 4.69) is 4.90 Å². The van der Waals surface area contributed by atoms with Crippen molar-refractivity contribution in [2.24, 2.45) is 0 Å². The number of aryl methyl sites for hydroxylation is 1. The van der Waals surface area contributed by atoms with Crippen LogP contribution in [0.1, 0.15) is 12.5 Å². The Hall–Kier alpha value is -3.22. The van der Waals surface area contributed by atoms with E-state index in [1.54, 1.807) is 18.9 Å². The summed E-state index contributed by atoms with van der Waals surface area (Å²) in [7, 11) is 1.67. The second-order valence-electron chi connectivity index (χ2n) is 7.70. The number of nitrogens with zero attached hydrogens (tertiary/aromatic N) is 3. The summed E-state index contributed by atoms with van der Waals surface area (Å²) in [4.78, 5) is 31.4. The van der Waals surface area contributed by atoms with E-state index in [0.717, 1.165) is 30.1 Å². The highest BCUT2D eigenvalue weighted by molar-refractivity contribution is 6.03. The van der Waals surface area contributed by atoms with Crippen LogP contribution < -0.4 is 19.3 Å². The Morgan fingerprint density at radius 2 is 1.83 bits per heavy atom. The highest BCUT2D eigenvalue weighted by atomic mass is 16.5. The fourth-order valence-corrected chi connectivity index (χ4v) is 4.00. The largest absolute Gasteiger partial charge is 0.495 e. The van der Waals surface area contributed by atoms with Crippen molar-refractivity contribution in [3.05, 3.63) is 48.0 Å². The Balaban J connectivity index is 1.44. The minimum atomic E-state index is -0.601. The lowest BCUT2D eigenvalue weighted by atomic mass is 10.1. The Morgan fingerprint density at radius 1 is 1.10 bits per heavy atom. The van der Waals surface area contributed by atoms with Gasteiger partial charge in [-0.3, -0.25) is 14.5 Å². The van der Waals surface area contributed by atoms with Gasteiger partial charge in [0.2, 0.25) is 5.91 Å². The molecule has 4 rings (SSSR count). The number of benzene rings is 2. The van der Waals surface area contributed by atoms with Gasteiger partial charge in [-0.25, -0.2) is 0 Å². The van der Waals surface area contributed by atoms with Crippen molar-refractivity contribution in [1.82, 2.24) is 4.90 Å². The zero-order valence-electron chi connectivity index (χ0n) is 17.6. The van der Waals surface area contributed by atoms with Crippen molar-refractivity contribution < 1.29 is 19.1 Å². The number of piperazine rings is 1. The second kappa shape index (κ2) is 8.26. The minimum Gasteiger partial charge on any atom is -0.495 e. The van der Waals surface area contributed by atoms with E-state index in [4.69, 9.17) is 9.47 Å². The van der Waals surface area contributed by atoms with Crippen LogP contribution >= 0.6 is 0 Å². The van der Waals surface area contributed by atoms with Crippen molar-refractivity contribution >= 4 is 23.2 Å². The molecule has 0 aromatic heterocycles. The molecule has 0 saturated carbocycles. The fraction of sp³-hybridized carbons (Fsp3) is 0.391. The third-order valence-electron chi connectivity index (χ3n) is 5.67. The van der Waals surface area contributed by atoms with Crippen molar-refractivity contribution in [2.45, 2.75) is 20.0 Å². The molecule has 30 heavy (non-hydrogen) atoms. The molecule has 0 bridgehead atoms. The monoisotopic (exact) mass is 409 g/mol. The predicted octanol–water partition coefficient (Wildman–Crippen LogP) is 2.47. The zero-order valence-corrected chi connectivity index (χ0v) is 17.6. The minimum absolute atomic E-state index is 0.0254. The van der Waals surface area contributed by atoms with Gasteiger partial charge >= 0.3 is 0 Å². The Labute approximate surface area is 176 Å². The van der Waals surface area contributed by atoms with E-state index in [0.29, 0.717) is 24.5 Å². The molecule has 2 heterocycles. The Morgan fingerprint density at radius 3 is 2.57 bits per heavy atom. The fourth-order valence-electron chi connectivity index (χ4n) is 4.00. The van der Waals surface area contributed by atoms with Gasteiger partial charge in [0.15, 0.2) is 6.10 Å². The van der Waals surface area contributed by atoms with E-state index in [-0.39, 0.29) is 18.4 Å². The second-order valence-corrected chi connectivity index (χ2v) is 7.70. The van der Waals surface area contributed by atoms with Crippen LogP contribution in [0.2, 0.25) is 0 Å². The maximum absolute atomic E-state index is 13.0. The van der Waals surface area contributed by atoms with Crippen molar-refractivity contribution in [2.75, 3.05) is 49.6 Å². The predicted molar refractivity (Wildman–Crippen MR) is 115 cm³/mol. The SMILES string of the molecule is COc1ccccc1N1CCN(C(=O)CN2C(=O)[C@@H](C)Oc3ccc(C)cc32)CC1. The van der Waals surface area contributed by atoms with Crippen molar-refractivity contribution in [3.8, 4) is 11.5 Å². The molecule has 1 atom stereocenters. The van der Waals surface area contributed by atoms with Crippen molar-refractivity contribution in [1.29, 1.82) is 0 Å². The zero-order chi connectivity index (χ0) is 21.3. The van der Waals surface area contributed by atoms with Crippen LogP contribution in [0.15, 0.2) is 42.5 Å². The van der Waals surface area contributed by atoms with Gasteiger partial charge in [0, 0.05) is 26.2 Å². The molecule has 0 radical (unpaired) electrons. The molecule has 7 heteroatoms. The number of para-hydroxylation sites is 2. The molecule has 1 fully saturated rings. The summed E-state index contributed by atoms with van der Waals surface area (Å²) in [6, 6.07) is 13.6. The smallest absolute Gasteiger partial charge is 0.268 e. The summed E-state index contributed by atoms with van der Waals surface area (Å²) in [5.41, 5.74) is 2.72. The molecule has 0 aliphatic carbocycles. The maximum Gasteiger partial charge on any atom is 0.268 e. The van der Waals surface area contributed by atoms with Crippen LogP contribution in [0.5, 0.6) is 11.5 Å². The van der Waals surface area contributed by atoms with Crippen LogP contribution in [0.4, 0.5) is 11.4 Å². The number of anilines is 2. The van der Waals surface area contributed by atoms with Gasteiger partial charge in [-0.1, -0.05) is 18.2 Å². The molecule has 0 spiro atoms. The van der Waals surface area contributed by atoms with Gasteiger partial charge in [0.1, 0.15) is 18.0 Å². The molecule has 2 aliphatic rings. The lowest BCUT2D eigenvalue weighted by Gasteiger charge is -2.38. The molecule has 158 valence electrons. The van der Waals surface area contributed by atoms with E-state index in [1.165, 1.54) is 0 Å². The lowest BCUT2D eigenvalue weighted by Crippen LogP contribution is -2.54. The summed E-state index contributed by atoms with van der Waals surface area (Å²) in [5, 5.41) is 0. The molecule has 2 aromatic carbocycles. The summed E-state index contributed by atoms with van der Waals surface area (Å²) in [5.74, 6) is 1.23. The summed E-state index contributed by atoms with van der Waals surface area (Å²) < 4.78 is 11.2. The topological polar surface area (TPSA) is 62.3 Å². The van der Waals surface area contributed by atoms with Crippen LogP contribution in [0.25, 0.3) is 0 Å². The van der Waals surface area contributed by atoms with Gasteiger partial charge < -0.3 is 19.3 Å². The molecule has 2 aliphatic heterocycles. The number of rotatable bonds is 4. The number of carbonyl (C=O) groups is 2. The molecule has 1 saturated heterocycles. The van der Waals surface area contributed by atoms with Gasteiger partial charge in [-0.2, -0.15) is 0 Å². The molecule has 0 N–H and O–H groups in total. The molecular formula is C23H27N3O4. The highest BCUT2D eigenvalue weighted by Gasteiger charge is 2.34.